The maximum atomic E-state index is 11.6. The highest BCUT2D eigenvalue weighted by molar-refractivity contribution is 5.95. The predicted octanol–water partition coefficient (Wildman–Crippen LogP) is 4.62. The average molecular weight is 501 g/mol. The van der Waals surface area contributed by atoms with E-state index in [1.807, 2.05) is 55.5 Å². The van der Waals surface area contributed by atoms with Gasteiger partial charge in [0.15, 0.2) is 11.6 Å². The molecule has 37 heavy (non-hydrogen) atoms. The standard InChI is InChI=1S/C29H32N4O4/c1-3-36-25-11-12-27-26(18-25)29(30-22-7-9-23(34)10-8-22)32-28(31-27)21-5-4-6-24(17-21)37-16-14-33-13-15-35-19-20(33)2/h4-9,11-12,17-18,20H,3,10,13-16,19H2,1-2H3,(H,30,31,32). The number of allylic oxidation sites excluding steroid dienone is 3. The molecule has 8 heteroatoms. The third-order valence-electron chi connectivity index (χ3n) is 6.46. The van der Waals surface area contributed by atoms with Crippen LogP contribution in [0.25, 0.3) is 22.3 Å². The molecule has 0 spiro atoms. The Labute approximate surface area is 217 Å². The van der Waals surface area contributed by atoms with Crippen molar-refractivity contribution in [1.29, 1.82) is 0 Å². The van der Waals surface area contributed by atoms with E-state index in [2.05, 4.69) is 17.1 Å². The molecule has 1 atom stereocenters. The van der Waals surface area contributed by atoms with Crippen LogP contribution in [0, 0.1) is 0 Å². The van der Waals surface area contributed by atoms with E-state index in [0.29, 0.717) is 37.3 Å². The van der Waals surface area contributed by atoms with Crippen molar-refractivity contribution in [2.24, 2.45) is 0 Å². The highest BCUT2D eigenvalue weighted by Crippen LogP contribution is 2.30. The van der Waals surface area contributed by atoms with E-state index in [4.69, 9.17) is 24.2 Å². The summed E-state index contributed by atoms with van der Waals surface area (Å²) in [6.45, 7) is 8.60. The summed E-state index contributed by atoms with van der Waals surface area (Å²) in [4.78, 5) is 23.7. The Balaban J connectivity index is 1.40. The van der Waals surface area contributed by atoms with E-state index in [-0.39, 0.29) is 5.78 Å². The Kier molecular flexibility index (Phi) is 7.77. The number of ketones is 1. The van der Waals surface area contributed by atoms with Gasteiger partial charge >= 0.3 is 0 Å². The van der Waals surface area contributed by atoms with E-state index in [1.165, 1.54) is 0 Å². The molecule has 5 rings (SSSR count). The van der Waals surface area contributed by atoms with Gasteiger partial charge in [0.05, 0.1) is 25.3 Å². The van der Waals surface area contributed by atoms with Crippen LogP contribution >= 0.6 is 0 Å². The van der Waals surface area contributed by atoms with E-state index in [1.54, 1.807) is 12.2 Å². The molecule has 1 N–H and O–H groups in total. The SMILES string of the molecule is CCOc1ccc2nc(-c3cccc(OCCN4CCOCC4C)c3)nc(NC3=CCC(=O)C=C3)c2c1. The van der Waals surface area contributed by atoms with Crippen molar-refractivity contribution < 1.29 is 19.0 Å². The van der Waals surface area contributed by atoms with Crippen LogP contribution in [0.1, 0.15) is 20.3 Å². The molecule has 1 unspecified atom stereocenters. The van der Waals surface area contributed by atoms with Crippen LogP contribution in [-0.4, -0.2) is 66.2 Å². The number of nitrogens with one attached hydrogen (secondary N) is 1. The minimum absolute atomic E-state index is 0.0808. The van der Waals surface area contributed by atoms with Gasteiger partial charge in [-0.05, 0) is 56.3 Å². The maximum Gasteiger partial charge on any atom is 0.162 e. The summed E-state index contributed by atoms with van der Waals surface area (Å²) in [5, 5.41) is 4.22. The van der Waals surface area contributed by atoms with Crippen molar-refractivity contribution in [3.8, 4) is 22.9 Å². The molecule has 1 aromatic heterocycles. The quantitative estimate of drug-likeness (QED) is 0.456. The molecule has 1 aliphatic carbocycles. The summed E-state index contributed by atoms with van der Waals surface area (Å²) in [6, 6.07) is 14.1. The van der Waals surface area contributed by atoms with Gasteiger partial charge < -0.3 is 19.5 Å². The number of carbonyl (C=O) groups excluding carboxylic acids is 1. The second-order valence-electron chi connectivity index (χ2n) is 9.13. The van der Waals surface area contributed by atoms with E-state index >= 15 is 0 Å². The number of hydrogen-bond donors (Lipinski definition) is 1. The molecule has 0 amide bonds. The minimum atomic E-state index is 0.0808. The Bertz CT molecular complexity index is 1340. The molecule has 2 aromatic carbocycles. The van der Waals surface area contributed by atoms with Crippen LogP contribution in [0.15, 0.2) is 66.4 Å². The van der Waals surface area contributed by atoms with Crippen LogP contribution in [0.4, 0.5) is 5.82 Å². The van der Waals surface area contributed by atoms with Crippen LogP contribution in [-0.2, 0) is 9.53 Å². The van der Waals surface area contributed by atoms with E-state index in [0.717, 1.165) is 60.0 Å². The summed E-state index contributed by atoms with van der Waals surface area (Å²) >= 11 is 0. The monoisotopic (exact) mass is 500 g/mol. The number of carbonyl (C=O) groups is 1. The molecule has 2 heterocycles. The number of rotatable bonds is 9. The number of ether oxygens (including phenoxy) is 3. The van der Waals surface area contributed by atoms with Gasteiger partial charge in [-0.2, -0.15) is 0 Å². The van der Waals surface area contributed by atoms with Crippen molar-refractivity contribution in [3.63, 3.8) is 0 Å². The molecule has 0 bridgehead atoms. The predicted molar refractivity (Wildman–Crippen MR) is 144 cm³/mol. The van der Waals surface area contributed by atoms with Gasteiger partial charge in [0, 0.05) is 42.2 Å². The van der Waals surface area contributed by atoms with Crippen molar-refractivity contribution >= 4 is 22.5 Å². The van der Waals surface area contributed by atoms with Crippen LogP contribution in [0.2, 0.25) is 0 Å². The second kappa shape index (κ2) is 11.5. The summed E-state index contributed by atoms with van der Waals surface area (Å²) < 4.78 is 17.3. The third-order valence-corrected chi connectivity index (χ3v) is 6.46. The lowest BCUT2D eigenvalue weighted by molar-refractivity contribution is -0.113. The smallest absolute Gasteiger partial charge is 0.162 e. The fourth-order valence-electron chi connectivity index (χ4n) is 4.45. The Morgan fingerprint density at radius 3 is 2.81 bits per heavy atom. The number of aromatic nitrogens is 2. The molecule has 1 fully saturated rings. The first kappa shape index (κ1) is 24.9. The van der Waals surface area contributed by atoms with Crippen LogP contribution in [0.3, 0.4) is 0 Å². The zero-order chi connectivity index (χ0) is 25.6. The summed E-state index contributed by atoms with van der Waals surface area (Å²) in [6.07, 6.45) is 5.58. The number of nitrogens with zero attached hydrogens (tertiary/aromatic N) is 3. The van der Waals surface area contributed by atoms with Crippen LogP contribution in [0.5, 0.6) is 11.5 Å². The fourth-order valence-corrected chi connectivity index (χ4v) is 4.45. The van der Waals surface area contributed by atoms with Gasteiger partial charge in [-0.3, -0.25) is 9.69 Å². The highest BCUT2D eigenvalue weighted by Gasteiger charge is 2.18. The van der Waals surface area contributed by atoms with Gasteiger partial charge in [-0.25, -0.2) is 9.97 Å². The molecule has 1 aliphatic heterocycles. The first-order chi connectivity index (χ1) is 18.1. The molecule has 3 aromatic rings. The lowest BCUT2D eigenvalue weighted by Gasteiger charge is -2.32. The highest BCUT2D eigenvalue weighted by atomic mass is 16.5. The van der Waals surface area contributed by atoms with Crippen LogP contribution < -0.4 is 14.8 Å². The molecule has 2 aliphatic rings. The fraction of sp³-hybridized carbons (Fsp3) is 0.345. The Hall–Kier alpha value is -3.75. The normalized spacial score (nSPS) is 18.1. The molecule has 1 saturated heterocycles. The molecule has 8 nitrogen and oxygen atoms in total. The van der Waals surface area contributed by atoms with Gasteiger partial charge in [0.25, 0.3) is 0 Å². The Morgan fingerprint density at radius 1 is 1.11 bits per heavy atom. The number of morpholine rings is 1. The van der Waals surface area contributed by atoms with Gasteiger partial charge in [-0.1, -0.05) is 18.2 Å². The summed E-state index contributed by atoms with van der Waals surface area (Å²) in [7, 11) is 0. The van der Waals surface area contributed by atoms with Crippen molar-refractivity contribution in [3.05, 3.63) is 66.4 Å². The molecule has 0 saturated carbocycles. The zero-order valence-electron chi connectivity index (χ0n) is 21.3. The molecular weight excluding hydrogens is 468 g/mol. The molecule has 192 valence electrons. The topological polar surface area (TPSA) is 85.8 Å². The zero-order valence-corrected chi connectivity index (χ0v) is 21.3. The lowest BCUT2D eigenvalue weighted by Crippen LogP contribution is -2.45. The summed E-state index contributed by atoms with van der Waals surface area (Å²) in [5.74, 6) is 2.85. The van der Waals surface area contributed by atoms with Crippen molar-refractivity contribution in [2.45, 2.75) is 26.3 Å². The average Bonchev–Trinajstić information content (AvgIpc) is 2.91. The molecule has 0 radical (unpaired) electrons. The number of benzene rings is 2. The minimum Gasteiger partial charge on any atom is -0.494 e. The molecular formula is C29H32N4O4. The van der Waals surface area contributed by atoms with Crippen molar-refractivity contribution in [2.75, 3.05) is 44.8 Å². The number of anilines is 1. The van der Waals surface area contributed by atoms with Gasteiger partial charge in [-0.15, -0.1) is 0 Å². The van der Waals surface area contributed by atoms with Crippen molar-refractivity contribution in [1.82, 2.24) is 14.9 Å². The first-order valence-electron chi connectivity index (χ1n) is 12.8. The summed E-state index contributed by atoms with van der Waals surface area (Å²) in [5.41, 5.74) is 2.47. The number of hydrogen-bond acceptors (Lipinski definition) is 8. The van der Waals surface area contributed by atoms with E-state index in [9.17, 15) is 4.79 Å². The first-order valence-corrected chi connectivity index (χ1v) is 12.8. The number of fused-ring (bicyclic) bond motifs is 1. The largest absolute Gasteiger partial charge is 0.494 e. The van der Waals surface area contributed by atoms with Gasteiger partial charge in [0.1, 0.15) is 23.9 Å². The Morgan fingerprint density at radius 2 is 2.00 bits per heavy atom. The van der Waals surface area contributed by atoms with Gasteiger partial charge in [0.2, 0.25) is 0 Å². The third kappa shape index (κ3) is 6.15. The van der Waals surface area contributed by atoms with E-state index < -0.39 is 0 Å². The maximum absolute atomic E-state index is 11.6. The second-order valence-corrected chi connectivity index (χ2v) is 9.13. The lowest BCUT2D eigenvalue weighted by atomic mass is 10.1.